The summed E-state index contributed by atoms with van der Waals surface area (Å²) in [5.41, 5.74) is 8.44. The van der Waals surface area contributed by atoms with E-state index in [-0.39, 0.29) is 11.6 Å². The fraction of sp³-hybridized carbons (Fsp3) is 0.667. The van der Waals surface area contributed by atoms with E-state index in [2.05, 4.69) is 25.4 Å². The molecule has 7 nitrogen and oxygen atoms in total. The van der Waals surface area contributed by atoms with Crippen LogP contribution in [0, 0.1) is 17.8 Å². The second-order valence-corrected chi connectivity index (χ2v) is 10.0. The summed E-state index contributed by atoms with van der Waals surface area (Å²) in [7, 11) is 0. The van der Waals surface area contributed by atoms with Crippen LogP contribution in [0.3, 0.4) is 0 Å². The summed E-state index contributed by atoms with van der Waals surface area (Å²) in [6.07, 6.45) is 7.88. The van der Waals surface area contributed by atoms with Crippen LogP contribution in [0.1, 0.15) is 43.7 Å². The molecule has 2 N–H and O–H groups in total. The van der Waals surface area contributed by atoms with Crippen molar-refractivity contribution in [1.82, 2.24) is 19.7 Å². The van der Waals surface area contributed by atoms with Crippen molar-refractivity contribution in [2.45, 2.75) is 57.2 Å². The lowest BCUT2D eigenvalue weighted by Crippen LogP contribution is -2.43. The van der Waals surface area contributed by atoms with Gasteiger partial charge in [-0.15, -0.1) is 0 Å². The Labute approximate surface area is 192 Å². The van der Waals surface area contributed by atoms with Crippen molar-refractivity contribution in [2.24, 2.45) is 17.8 Å². The molecule has 1 saturated heterocycles. The normalized spacial score (nSPS) is 29.8. The van der Waals surface area contributed by atoms with E-state index >= 15 is 0 Å². The average molecular weight is 460 g/mol. The summed E-state index contributed by atoms with van der Waals surface area (Å²) in [6.45, 7) is 1.78. The van der Waals surface area contributed by atoms with Crippen LogP contribution in [-0.2, 0) is 11.3 Å². The first-order chi connectivity index (χ1) is 16.1. The van der Waals surface area contributed by atoms with Gasteiger partial charge in [0.15, 0.2) is 11.6 Å². The Bertz CT molecular complexity index is 993. The minimum atomic E-state index is -2.94. The number of pyridine rings is 1. The number of aromatic nitrogens is 3. The summed E-state index contributed by atoms with van der Waals surface area (Å²) < 4.78 is 37.8. The van der Waals surface area contributed by atoms with Crippen LogP contribution in [0.15, 0.2) is 18.3 Å². The molecule has 2 aromatic heterocycles. The van der Waals surface area contributed by atoms with Crippen molar-refractivity contribution in [3.05, 3.63) is 24.0 Å². The zero-order valence-corrected chi connectivity index (χ0v) is 18.7. The van der Waals surface area contributed by atoms with E-state index in [4.69, 9.17) is 15.6 Å². The number of fused-ring (bicyclic) bond motifs is 1. The van der Waals surface area contributed by atoms with Gasteiger partial charge in [-0.2, -0.15) is 13.9 Å². The smallest absolute Gasteiger partial charge is 0.387 e. The van der Waals surface area contributed by atoms with Crippen LogP contribution in [0.25, 0.3) is 11.3 Å². The van der Waals surface area contributed by atoms with Gasteiger partial charge < -0.3 is 15.2 Å². The van der Waals surface area contributed by atoms with E-state index in [1.165, 1.54) is 43.9 Å². The van der Waals surface area contributed by atoms with Crippen LogP contribution in [0.2, 0.25) is 0 Å². The number of halogens is 2. The molecule has 0 aromatic carbocycles. The zero-order valence-electron chi connectivity index (χ0n) is 18.7. The van der Waals surface area contributed by atoms with E-state index in [1.807, 2.05) is 0 Å². The molecule has 178 valence electrons. The molecule has 0 spiro atoms. The predicted molar refractivity (Wildman–Crippen MR) is 119 cm³/mol. The second-order valence-electron chi connectivity index (χ2n) is 10.0. The third-order valence-electron chi connectivity index (χ3n) is 8.18. The fourth-order valence-corrected chi connectivity index (χ4v) is 6.18. The molecule has 0 unspecified atom stereocenters. The van der Waals surface area contributed by atoms with Crippen LogP contribution < -0.4 is 10.5 Å². The lowest BCUT2D eigenvalue weighted by atomic mass is 9.85. The molecular formula is C24H31F2N5O2. The minimum absolute atomic E-state index is 0.0425. The van der Waals surface area contributed by atoms with Crippen LogP contribution in [0.4, 0.5) is 14.6 Å². The minimum Gasteiger partial charge on any atom is -0.431 e. The number of nitrogens with zero attached hydrogens (tertiary/aromatic N) is 4. The molecule has 9 heteroatoms. The molecule has 4 fully saturated rings. The number of rotatable bonds is 7. The molecule has 4 aliphatic rings. The van der Waals surface area contributed by atoms with E-state index in [9.17, 15) is 8.78 Å². The van der Waals surface area contributed by atoms with Gasteiger partial charge in [-0.3, -0.25) is 9.58 Å². The Balaban J connectivity index is 1.23. The molecule has 0 amide bonds. The van der Waals surface area contributed by atoms with Gasteiger partial charge in [0.05, 0.1) is 18.9 Å². The second kappa shape index (κ2) is 8.51. The van der Waals surface area contributed by atoms with E-state index < -0.39 is 6.61 Å². The Morgan fingerprint density at radius 1 is 1.15 bits per heavy atom. The molecule has 3 saturated carbocycles. The molecule has 3 aliphatic carbocycles. The topological polar surface area (TPSA) is 78.4 Å². The van der Waals surface area contributed by atoms with Gasteiger partial charge in [-0.25, -0.2) is 4.98 Å². The highest BCUT2D eigenvalue weighted by atomic mass is 19.3. The van der Waals surface area contributed by atoms with Crippen LogP contribution in [-0.4, -0.2) is 58.6 Å². The largest absolute Gasteiger partial charge is 0.431 e. The monoisotopic (exact) mass is 459 g/mol. The summed E-state index contributed by atoms with van der Waals surface area (Å²) in [5, 5.41) is 4.92. The lowest BCUT2D eigenvalue weighted by molar-refractivity contribution is -0.0494. The average Bonchev–Trinajstić information content (AvgIpc) is 3.12. The quantitative estimate of drug-likeness (QED) is 0.680. The van der Waals surface area contributed by atoms with Crippen molar-refractivity contribution in [1.29, 1.82) is 0 Å². The number of morpholine rings is 1. The third kappa shape index (κ3) is 4.10. The highest BCUT2D eigenvalue weighted by Gasteiger charge is 2.58. The van der Waals surface area contributed by atoms with Crippen molar-refractivity contribution >= 4 is 5.82 Å². The Hall–Kier alpha value is -2.26. The molecule has 0 bridgehead atoms. The number of hydrogen-bond donors (Lipinski definition) is 1. The van der Waals surface area contributed by atoms with Gasteiger partial charge in [0.25, 0.3) is 0 Å². The maximum Gasteiger partial charge on any atom is 0.387 e. The first-order valence-electron chi connectivity index (χ1n) is 12.2. The number of ether oxygens (including phenoxy) is 2. The molecule has 1 aliphatic heterocycles. The number of hydrogen-bond acceptors (Lipinski definition) is 6. The van der Waals surface area contributed by atoms with Gasteiger partial charge in [0, 0.05) is 49.0 Å². The summed E-state index contributed by atoms with van der Waals surface area (Å²) in [6, 6.07) is 4.35. The van der Waals surface area contributed by atoms with Crippen LogP contribution in [0.5, 0.6) is 5.75 Å². The van der Waals surface area contributed by atoms with E-state index in [0.717, 1.165) is 38.5 Å². The van der Waals surface area contributed by atoms with Gasteiger partial charge in [-0.1, -0.05) is 6.42 Å². The van der Waals surface area contributed by atoms with Crippen LogP contribution >= 0.6 is 0 Å². The summed E-state index contributed by atoms with van der Waals surface area (Å²) >= 11 is 0. The zero-order chi connectivity index (χ0) is 22.5. The van der Waals surface area contributed by atoms with Crippen molar-refractivity contribution in [2.75, 3.05) is 32.0 Å². The molecule has 6 rings (SSSR count). The third-order valence-corrected chi connectivity index (χ3v) is 8.18. The highest BCUT2D eigenvalue weighted by molar-refractivity contribution is 5.64. The van der Waals surface area contributed by atoms with Gasteiger partial charge in [-0.05, 0) is 55.6 Å². The van der Waals surface area contributed by atoms with E-state index in [0.29, 0.717) is 35.3 Å². The molecular weight excluding hydrogens is 428 g/mol. The molecule has 33 heavy (non-hydrogen) atoms. The number of nitrogens with two attached hydrogens (primary N) is 1. The molecule has 4 atom stereocenters. The lowest BCUT2D eigenvalue weighted by Gasteiger charge is -2.33. The van der Waals surface area contributed by atoms with Crippen molar-refractivity contribution in [3.63, 3.8) is 0 Å². The Morgan fingerprint density at radius 2 is 1.91 bits per heavy atom. The van der Waals surface area contributed by atoms with Gasteiger partial charge in [0.2, 0.25) is 0 Å². The summed E-state index contributed by atoms with van der Waals surface area (Å²) in [4.78, 5) is 6.68. The predicted octanol–water partition coefficient (Wildman–Crippen LogP) is 3.75. The first-order valence-corrected chi connectivity index (χ1v) is 12.2. The summed E-state index contributed by atoms with van der Waals surface area (Å²) in [5.74, 6) is 2.50. The standard InChI is InChI=1S/C24H31F2N5O2/c25-24(26)33-21-8-15(12-28-23(21)27)19-11-20(31(29-19)13-14-2-1-3-14)22-17-9-16(10-18(17)22)30-4-6-32-7-5-30/h8,11-12,14,16-18,22,24H,1-7,9-10,13H2,(H2,27,28)/t16-,17-,18+,22+. The van der Waals surface area contributed by atoms with Gasteiger partial charge >= 0.3 is 6.61 Å². The highest BCUT2D eigenvalue weighted by Crippen LogP contribution is 2.64. The molecule has 3 heterocycles. The maximum absolute atomic E-state index is 12.8. The number of alkyl halides is 2. The van der Waals surface area contributed by atoms with Gasteiger partial charge in [0.1, 0.15) is 0 Å². The first kappa shape index (κ1) is 21.3. The molecule has 2 aromatic rings. The Kier molecular flexibility index (Phi) is 5.49. The maximum atomic E-state index is 12.8. The molecule has 0 radical (unpaired) electrons. The fourth-order valence-electron chi connectivity index (χ4n) is 6.18. The van der Waals surface area contributed by atoms with E-state index in [1.54, 1.807) is 6.20 Å². The SMILES string of the molecule is Nc1ncc(-c2cc([C@H]3[C@@H]4C[C@@H](N5CCOCC5)C[C@@H]43)n(CC3CCC3)n2)cc1OC(F)F. The number of nitrogen functional groups attached to an aromatic ring is 1. The Morgan fingerprint density at radius 3 is 2.58 bits per heavy atom. The number of anilines is 1. The van der Waals surface area contributed by atoms with Crippen molar-refractivity contribution < 1.29 is 18.3 Å². The van der Waals surface area contributed by atoms with Crippen molar-refractivity contribution in [3.8, 4) is 17.0 Å².